The molecule has 3 N–H and O–H groups in total. The number of fused-ring (bicyclic) bond motifs is 1. The highest BCUT2D eigenvalue weighted by Crippen LogP contribution is 2.35. The van der Waals surface area contributed by atoms with Gasteiger partial charge < -0.3 is 15.3 Å². The van der Waals surface area contributed by atoms with Gasteiger partial charge in [-0.3, -0.25) is 0 Å². The van der Waals surface area contributed by atoms with Crippen LogP contribution in [0, 0.1) is 0 Å². The normalized spacial score (nSPS) is 14.2. The van der Waals surface area contributed by atoms with Crippen molar-refractivity contribution in [3.8, 4) is 0 Å². The summed E-state index contributed by atoms with van der Waals surface area (Å²) in [5.74, 6) is -0.167. The molecule has 0 aliphatic heterocycles. The number of nitrogens with two attached hydrogens (primary N) is 1. The molecule has 3 nitrogen and oxygen atoms in total. The molecule has 3 rings (SSSR count). The molecule has 1 aromatic heterocycles. The fraction of sp³-hybridized carbons (Fsp3) is 0.176. The number of benzene rings is 2. The summed E-state index contributed by atoms with van der Waals surface area (Å²) in [4.78, 5) is 0. The summed E-state index contributed by atoms with van der Waals surface area (Å²) in [6, 6.07) is 15.6. The van der Waals surface area contributed by atoms with E-state index in [0.29, 0.717) is 6.54 Å². The van der Waals surface area contributed by atoms with Gasteiger partial charge in [0.15, 0.2) is 0 Å². The molecule has 1 heterocycles. The molecule has 0 saturated heterocycles. The van der Waals surface area contributed by atoms with E-state index in [9.17, 15) is 5.11 Å². The second-order valence-corrected chi connectivity index (χ2v) is 5.94. The second kappa shape index (κ2) is 6.02. The van der Waals surface area contributed by atoms with Crippen LogP contribution in [0.25, 0.3) is 11.0 Å². The van der Waals surface area contributed by atoms with Gasteiger partial charge in [-0.2, -0.15) is 0 Å². The van der Waals surface area contributed by atoms with Gasteiger partial charge in [0.2, 0.25) is 0 Å². The SMILES string of the molecule is NCC(c1ccc(Br)cc1)C(O)c1coc2ccccc12. The van der Waals surface area contributed by atoms with Crippen molar-refractivity contribution in [2.45, 2.75) is 12.0 Å². The highest BCUT2D eigenvalue weighted by Gasteiger charge is 2.24. The molecule has 108 valence electrons. The van der Waals surface area contributed by atoms with Gasteiger partial charge in [-0.05, 0) is 23.8 Å². The van der Waals surface area contributed by atoms with Crippen molar-refractivity contribution in [2.75, 3.05) is 6.54 Å². The second-order valence-electron chi connectivity index (χ2n) is 5.03. The minimum Gasteiger partial charge on any atom is -0.464 e. The lowest BCUT2D eigenvalue weighted by Gasteiger charge is -2.21. The van der Waals surface area contributed by atoms with E-state index in [1.165, 1.54) is 0 Å². The highest BCUT2D eigenvalue weighted by molar-refractivity contribution is 9.10. The van der Waals surface area contributed by atoms with Crippen molar-refractivity contribution in [3.63, 3.8) is 0 Å². The molecule has 2 atom stereocenters. The van der Waals surface area contributed by atoms with Crippen LogP contribution in [0.3, 0.4) is 0 Å². The maximum Gasteiger partial charge on any atom is 0.134 e. The molecule has 0 amide bonds. The van der Waals surface area contributed by atoms with Gasteiger partial charge >= 0.3 is 0 Å². The van der Waals surface area contributed by atoms with Gasteiger partial charge in [0, 0.05) is 27.9 Å². The number of aliphatic hydroxyl groups is 1. The van der Waals surface area contributed by atoms with Crippen molar-refractivity contribution >= 4 is 26.9 Å². The standard InChI is InChI=1S/C17H16BrNO2/c18-12-7-5-11(6-8-12)14(9-19)17(20)15-10-21-16-4-2-1-3-13(15)16/h1-8,10,14,17,20H,9,19H2. The van der Waals surface area contributed by atoms with Crippen molar-refractivity contribution in [2.24, 2.45) is 5.73 Å². The number of furan rings is 1. The lowest BCUT2D eigenvalue weighted by Crippen LogP contribution is -2.20. The Bertz CT molecular complexity index is 736. The van der Waals surface area contributed by atoms with Crippen LogP contribution in [0.5, 0.6) is 0 Å². The maximum atomic E-state index is 10.7. The molecule has 3 aromatic rings. The van der Waals surface area contributed by atoms with E-state index in [0.717, 1.165) is 26.6 Å². The Morgan fingerprint density at radius 3 is 2.52 bits per heavy atom. The summed E-state index contributed by atoms with van der Waals surface area (Å²) in [6.07, 6.45) is 0.927. The van der Waals surface area contributed by atoms with Crippen LogP contribution in [0.15, 0.2) is 63.7 Å². The van der Waals surface area contributed by atoms with Gasteiger partial charge in [-0.1, -0.05) is 46.3 Å². The number of rotatable bonds is 4. The molecule has 21 heavy (non-hydrogen) atoms. The van der Waals surface area contributed by atoms with Crippen LogP contribution in [0.1, 0.15) is 23.1 Å². The van der Waals surface area contributed by atoms with E-state index in [2.05, 4.69) is 15.9 Å². The predicted octanol–water partition coefficient (Wildman–Crippen LogP) is 3.97. The Kier molecular flexibility index (Phi) is 4.10. The monoisotopic (exact) mass is 345 g/mol. The number of hydrogen-bond donors (Lipinski definition) is 2. The molecule has 0 bridgehead atoms. The summed E-state index contributed by atoms with van der Waals surface area (Å²) < 4.78 is 6.52. The molecular weight excluding hydrogens is 330 g/mol. The summed E-state index contributed by atoms with van der Waals surface area (Å²) in [7, 11) is 0. The summed E-state index contributed by atoms with van der Waals surface area (Å²) in [5, 5.41) is 11.7. The molecule has 4 heteroatoms. The molecule has 0 fully saturated rings. The first kappa shape index (κ1) is 14.3. The Morgan fingerprint density at radius 2 is 1.81 bits per heavy atom. The Labute approximate surface area is 131 Å². The fourth-order valence-corrected chi connectivity index (χ4v) is 2.87. The Balaban J connectivity index is 1.98. The minimum atomic E-state index is -0.695. The molecular formula is C17H16BrNO2. The molecule has 0 radical (unpaired) electrons. The van der Waals surface area contributed by atoms with E-state index in [4.69, 9.17) is 10.2 Å². The van der Waals surface area contributed by atoms with Crippen molar-refractivity contribution in [1.29, 1.82) is 0 Å². The highest BCUT2D eigenvalue weighted by atomic mass is 79.9. The molecule has 2 aromatic carbocycles. The van der Waals surface area contributed by atoms with Crippen molar-refractivity contribution < 1.29 is 9.52 Å². The van der Waals surface area contributed by atoms with Crippen molar-refractivity contribution in [1.82, 2.24) is 0 Å². The lowest BCUT2D eigenvalue weighted by atomic mass is 9.89. The minimum absolute atomic E-state index is 0.167. The van der Waals surface area contributed by atoms with Gasteiger partial charge in [0.25, 0.3) is 0 Å². The first-order chi connectivity index (χ1) is 10.2. The zero-order chi connectivity index (χ0) is 14.8. The first-order valence-corrected chi connectivity index (χ1v) is 7.59. The van der Waals surface area contributed by atoms with E-state index >= 15 is 0 Å². The Morgan fingerprint density at radius 1 is 1.10 bits per heavy atom. The average Bonchev–Trinajstić information content (AvgIpc) is 2.94. The third-order valence-electron chi connectivity index (χ3n) is 3.76. The van der Waals surface area contributed by atoms with Gasteiger partial charge in [0.1, 0.15) is 5.58 Å². The molecule has 0 saturated carbocycles. The largest absolute Gasteiger partial charge is 0.464 e. The molecule has 0 aliphatic rings. The summed E-state index contributed by atoms with van der Waals surface area (Å²) in [6.45, 7) is 0.363. The fourth-order valence-electron chi connectivity index (χ4n) is 2.60. The smallest absolute Gasteiger partial charge is 0.134 e. The number of halogens is 1. The lowest BCUT2D eigenvalue weighted by molar-refractivity contribution is 0.148. The summed E-state index contributed by atoms with van der Waals surface area (Å²) in [5.41, 5.74) is 8.46. The van der Waals surface area contributed by atoms with E-state index in [-0.39, 0.29) is 5.92 Å². The van der Waals surface area contributed by atoms with Gasteiger partial charge in [-0.15, -0.1) is 0 Å². The quantitative estimate of drug-likeness (QED) is 0.751. The molecule has 0 aliphatic carbocycles. The van der Waals surface area contributed by atoms with Crippen LogP contribution in [0.2, 0.25) is 0 Å². The third kappa shape index (κ3) is 2.75. The first-order valence-electron chi connectivity index (χ1n) is 6.80. The zero-order valence-electron chi connectivity index (χ0n) is 11.4. The van der Waals surface area contributed by atoms with Crippen LogP contribution in [-0.4, -0.2) is 11.7 Å². The van der Waals surface area contributed by atoms with Crippen molar-refractivity contribution in [3.05, 3.63) is 70.4 Å². The Hall–Kier alpha value is -1.62. The van der Waals surface area contributed by atoms with Crippen LogP contribution in [-0.2, 0) is 0 Å². The average molecular weight is 346 g/mol. The van der Waals surface area contributed by atoms with Crippen LogP contribution in [0.4, 0.5) is 0 Å². The molecule has 0 spiro atoms. The van der Waals surface area contributed by atoms with Gasteiger partial charge in [-0.25, -0.2) is 0 Å². The van der Waals surface area contributed by atoms with E-state index in [1.54, 1.807) is 6.26 Å². The number of para-hydroxylation sites is 1. The summed E-state index contributed by atoms with van der Waals surface area (Å²) >= 11 is 3.42. The maximum absolute atomic E-state index is 10.7. The van der Waals surface area contributed by atoms with E-state index in [1.807, 2.05) is 48.5 Å². The molecule has 2 unspecified atom stereocenters. The topological polar surface area (TPSA) is 59.4 Å². The van der Waals surface area contributed by atoms with Crippen LogP contribution >= 0.6 is 15.9 Å². The zero-order valence-corrected chi connectivity index (χ0v) is 13.0. The third-order valence-corrected chi connectivity index (χ3v) is 4.29. The van der Waals surface area contributed by atoms with Crippen LogP contribution < -0.4 is 5.73 Å². The predicted molar refractivity (Wildman–Crippen MR) is 87.1 cm³/mol. The number of hydrogen-bond acceptors (Lipinski definition) is 3. The number of aliphatic hydroxyl groups excluding tert-OH is 1. The van der Waals surface area contributed by atoms with E-state index < -0.39 is 6.10 Å². The van der Waals surface area contributed by atoms with Gasteiger partial charge in [0.05, 0.1) is 12.4 Å².